The van der Waals surface area contributed by atoms with Crippen molar-refractivity contribution >= 4 is 41.0 Å². The maximum atomic E-state index is 12.1. The lowest BCUT2D eigenvalue weighted by Gasteiger charge is -2.07. The topological polar surface area (TPSA) is 155 Å². The maximum Gasteiger partial charge on any atom is 0.321 e. The van der Waals surface area contributed by atoms with Crippen LogP contribution in [0.5, 0.6) is 0 Å². The molecule has 31 heavy (non-hydrogen) atoms. The van der Waals surface area contributed by atoms with Crippen LogP contribution in [0.15, 0.2) is 53.7 Å². The molecule has 0 saturated carbocycles. The van der Waals surface area contributed by atoms with Gasteiger partial charge in [-0.3, -0.25) is 20.2 Å². The molecule has 2 aromatic carbocycles. The first-order chi connectivity index (χ1) is 14.9. The minimum Gasteiger partial charge on any atom is -0.334 e. The number of anilines is 2. The SMILES string of the molecule is Cc1cc([N+](=O)[O-])ccc1NC(=O)CSc1n[nH]c(NC(=O)NCc2ccccc2)n1. The zero-order chi connectivity index (χ0) is 22.2. The number of carbonyl (C=O) groups is 2. The second kappa shape index (κ2) is 10.2. The van der Waals surface area contributed by atoms with E-state index in [1.54, 1.807) is 6.92 Å². The number of aromatic nitrogens is 3. The molecule has 0 aliphatic carbocycles. The summed E-state index contributed by atoms with van der Waals surface area (Å²) in [4.78, 5) is 38.5. The lowest BCUT2D eigenvalue weighted by atomic mass is 10.2. The molecule has 4 N–H and O–H groups in total. The normalized spacial score (nSPS) is 10.4. The molecule has 3 aromatic rings. The number of urea groups is 1. The van der Waals surface area contributed by atoms with E-state index in [9.17, 15) is 19.7 Å². The summed E-state index contributed by atoms with van der Waals surface area (Å²) in [6.45, 7) is 2.04. The van der Waals surface area contributed by atoms with E-state index in [-0.39, 0.29) is 28.5 Å². The predicted octanol–water partition coefficient (Wildman–Crippen LogP) is 3.07. The third-order valence-corrected chi connectivity index (χ3v) is 4.87. The minimum absolute atomic E-state index is 0.0218. The monoisotopic (exact) mass is 441 g/mol. The van der Waals surface area contributed by atoms with Gasteiger partial charge < -0.3 is 10.6 Å². The summed E-state index contributed by atoms with van der Waals surface area (Å²) < 4.78 is 0. The van der Waals surface area contributed by atoms with Gasteiger partial charge in [-0.2, -0.15) is 4.98 Å². The summed E-state index contributed by atoms with van der Waals surface area (Å²) in [5.41, 5.74) is 1.99. The fourth-order valence-corrected chi connectivity index (χ4v) is 3.11. The van der Waals surface area contributed by atoms with Crippen LogP contribution in [0, 0.1) is 17.0 Å². The van der Waals surface area contributed by atoms with Gasteiger partial charge in [-0.1, -0.05) is 42.1 Å². The van der Waals surface area contributed by atoms with Crippen molar-refractivity contribution in [3.05, 3.63) is 69.8 Å². The Labute approximate surface area is 181 Å². The molecule has 0 bridgehead atoms. The van der Waals surface area contributed by atoms with Crippen LogP contribution in [0.2, 0.25) is 0 Å². The Morgan fingerprint density at radius 3 is 2.65 bits per heavy atom. The fourth-order valence-electron chi connectivity index (χ4n) is 2.51. The van der Waals surface area contributed by atoms with Crippen molar-refractivity contribution in [3.63, 3.8) is 0 Å². The van der Waals surface area contributed by atoms with E-state index in [0.29, 0.717) is 17.8 Å². The van der Waals surface area contributed by atoms with Gasteiger partial charge >= 0.3 is 6.03 Å². The number of nitro groups is 1. The third-order valence-electron chi connectivity index (χ3n) is 4.02. The van der Waals surface area contributed by atoms with Crippen LogP contribution in [0.4, 0.5) is 22.1 Å². The number of thioether (sulfide) groups is 1. The van der Waals surface area contributed by atoms with E-state index in [2.05, 4.69) is 31.1 Å². The zero-order valence-electron chi connectivity index (χ0n) is 16.4. The molecule has 0 spiro atoms. The molecule has 12 heteroatoms. The number of carbonyl (C=O) groups excluding carboxylic acids is 2. The molecule has 0 aliphatic rings. The fraction of sp³-hybridized carbons (Fsp3) is 0.158. The van der Waals surface area contributed by atoms with Gasteiger partial charge in [-0.05, 0) is 24.1 Å². The van der Waals surface area contributed by atoms with Crippen LogP contribution >= 0.6 is 11.8 Å². The highest BCUT2D eigenvalue weighted by Crippen LogP contribution is 2.22. The summed E-state index contributed by atoms with van der Waals surface area (Å²) in [6, 6.07) is 13.2. The number of amides is 3. The van der Waals surface area contributed by atoms with Crippen molar-refractivity contribution in [3.8, 4) is 0 Å². The Kier molecular flexibility index (Phi) is 7.17. The lowest BCUT2D eigenvalue weighted by Crippen LogP contribution is -2.28. The molecule has 0 fully saturated rings. The van der Waals surface area contributed by atoms with E-state index < -0.39 is 11.0 Å². The highest BCUT2D eigenvalue weighted by atomic mass is 32.2. The summed E-state index contributed by atoms with van der Waals surface area (Å²) in [5, 5.41) is 25.5. The molecule has 11 nitrogen and oxygen atoms in total. The first-order valence-electron chi connectivity index (χ1n) is 9.09. The van der Waals surface area contributed by atoms with Crippen LogP contribution < -0.4 is 16.0 Å². The van der Waals surface area contributed by atoms with Crippen LogP contribution in [0.1, 0.15) is 11.1 Å². The smallest absolute Gasteiger partial charge is 0.321 e. The Hall–Kier alpha value is -3.93. The van der Waals surface area contributed by atoms with Gasteiger partial charge in [0, 0.05) is 24.4 Å². The number of benzene rings is 2. The van der Waals surface area contributed by atoms with E-state index >= 15 is 0 Å². The predicted molar refractivity (Wildman–Crippen MR) is 116 cm³/mol. The Bertz CT molecular complexity index is 1090. The molecular weight excluding hydrogens is 422 g/mol. The lowest BCUT2D eigenvalue weighted by molar-refractivity contribution is -0.384. The molecule has 0 radical (unpaired) electrons. The largest absolute Gasteiger partial charge is 0.334 e. The van der Waals surface area contributed by atoms with Crippen LogP contribution in [0.25, 0.3) is 0 Å². The molecule has 0 atom stereocenters. The van der Waals surface area contributed by atoms with Crippen molar-refractivity contribution in [2.45, 2.75) is 18.6 Å². The third kappa shape index (κ3) is 6.54. The molecule has 1 aromatic heterocycles. The maximum absolute atomic E-state index is 12.1. The number of nitrogens with zero attached hydrogens (tertiary/aromatic N) is 3. The Morgan fingerprint density at radius 2 is 1.94 bits per heavy atom. The quantitative estimate of drug-likeness (QED) is 0.238. The zero-order valence-corrected chi connectivity index (χ0v) is 17.2. The molecular formula is C19H19N7O4S. The van der Waals surface area contributed by atoms with Crippen molar-refractivity contribution in [1.82, 2.24) is 20.5 Å². The molecule has 0 aliphatic heterocycles. The van der Waals surface area contributed by atoms with Crippen molar-refractivity contribution < 1.29 is 14.5 Å². The first kappa shape index (κ1) is 21.8. The van der Waals surface area contributed by atoms with Crippen LogP contribution in [0.3, 0.4) is 0 Å². The van der Waals surface area contributed by atoms with Gasteiger partial charge in [0.1, 0.15) is 0 Å². The van der Waals surface area contributed by atoms with E-state index in [0.717, 1.165) is 17.3 Å². The highest BCUT2D eigenvalue weighted by molar-refractivity contribution is 7.99. The number of nitro benzene ring substituents is 1. The number of H-pyrrole nitrogens is 1. The Balaban J connectivity index is 1.44. The standard InChI is InChI=1S/C19H19N7O4S/c1-12-9-14(26(29)30)7-8-15(12)21-16(27)11-31-19-23-17(24-25-19)22-18(28)20-10-13-5-3-2-4-6-13/h2-9H,10-11H2,1H3,(H,21,27)(H3,20,22,23,24,25,28). The van der Waals surface area contributed by atoms with Crippen molar-refractivity contribution in [2.24, 2.45) is 0 Å². The van der Waals surface area contributed by atoms with Gasteiger partial charge in [0.15, 0.2) is 0 Å². The second-order valence-corrected chi connectivity index (χ2v) is 7.30. The first-order valence-corrected chi connectivity index (χ1v) is 10.1. The summed E-state index contributed by atoms with van der Waals surface area (Å²) >= 11 is 1.07. The average molecular weight is 441 g/mol. The van der Waals surface area contributed by atoms with Gasteiger partial charge in [0.2, 0.25) is 17.0 Å². The van der Waals surface area contributed by atoms with Gasteiger partial charge in [0.05, 0.1) is 10.7 Å². The number of aryl methyl sites for hydroxylation is 1. The molecule has 0 saturated heterocycles. The van der Waals surface area contributed by atoms with Gasteiger partial charge in [-0.25, -0.2) is 9.89 Å². The summed E-state index contributed by atoms with van der Waals surface area (Å²) in [7, 11) is 0. The van der Waals surface area contributed by atoms with E-state index in [4.69, 9.17) is 0 Å². The molecule has 0 unspecified atom stereocenters. The van der Waals surface area contributed by atoms with Crippen LogP contribution in [-0.2, 0) is 11.3 Å². The molecule has 1 heterocycles. The van der Waals surface area contributed by atoms with Gasteiger partial charge in [-0.15, -0.1) is 5.10 Å². The number of rotatable bonds is 8. The second-order valence-electron chi connectivity index (χ2n) is 6.35. The van der Waals surface area contributed by atoms with Crippen LogP contribution in [-0.4, -0.2) is 37.8 Å². The minimum atomic E-state index is -0.495. The molecule has 3 amide bonds. The van der Waals surface area contributed by atoms with Crippen molar-refractivity contribution in [1.29, 1.82) is 0 Å². The number of hydrogen-bond acceptors (Lipinski definition) is 7. The number of hydrogen-bond donors (Lipinski definition) is 4. The summed E-state index contributed by atoms with van der Waals surface area (Å²) in [5.74, 6) is -0.143. The summed E-state index contributed by atoms with van der Waals surface area (Å²) in [6.07, 6.45) is 0. The highest BCUT2D eigenvalue weighted by Gasteiger charge is 2.12. The average Bonchev–Trinajstić information content (AvgIpc) is 3.20. The number of aromatic amines is 1. The number of nitrogens with one attached hydrogen (secondary N) is 4. The van der Waals surface area contributed by atoms with Crippen molar-refractivity contribution in [2.75, 3.05) is 16.4 Å². The molecule has 160 valence electrons. The Morgan fingerprint density at radius 1 is 1.16 bits per heavy atom. The molecule has 3 rings (SSSR count). The number of non-ortho nitro benzene ring substituents is 1. The van der Waals surface area contributed by atoms with E-state index in [1.807, 2.05) is 30.3 Å². The van der Waals surface area contributed by atoms with Gasteiger partial charge in [0.25, 0.3) is 5.69 Å². The van der Waals surface area contributed by atoms with E-state index in [1.165, 1.54) is 18.2 Å².